The predicted octanol–water partition coefficient (Wildman–Crippen LogP) is 15.8. The Morgan fingerprint density at radius 2 is 0.312 bits per heavy atom. The Labute approximate surface area is 297 Å². The van der Waals surface area contributed by atoms with E-state index >= 15 is 0 Å². The van der Waals surface area contributed by atoms with Gasteiger partial charge in [0.2, 0.25) is 0 Å². The summed E-state index contributed by atoms with van der Waals surface area (Å²) in [6.45, 7) is 24.2. The molecule has 0 saturated heterocycles. The summed E-state index contributed by atoms with van der Waals surface area (Å²) >= 11 is 0. The standard InChI is InChI=1S/2C12H10.2C7H8.5C2H6/c2*1-3-7-11(8-4-1)12-9-5-2-6-10-12;2*1-7-5-3-2-4-6-7;5*1-2/h2*1-10H;2*2-6H,1H3;5*1-2H3. The first-order chi connectivity index (χ1) is 23.7. The van der Waals surface area contributed by atoms with Gasteiger partial charge in [-0.3, -0.25) is 0 Å². The summed E-state index contributed by atoms with van der Waals surface area (Å²) in [4.78, 5) is 0. The van der Waals surface area contributed by atoms with Crippen LogP contribution >= 0.6 is 0 Å². The van der Waals surface area contributed by atoms with Crippen LogP contribution in [-0.2, 0) is 0 Å². The van der Waals surface area contributed by atoms with Crippen LogP contribution in [0.5, 0.6) is 0 Å². The second-order valence-corrected chi connectivity index (χ2v) is 8.77. The molecule has 0 aliphatic carbocycles. The molecule has 6 aromatic carbocycles. The van der Waals surface area contributed by atoms with Crippen molar-refractivity contribution in [2.24, 2.45) is 0 Å². The van der Waals surface area contributed by atoms with E-state index in [0.29, 0.717) is 0 Å². The van der Waals surface area contributed by atoms with Gasteiger partial charge in [0, 0.05) is 0 Å². The fourth-order valence-corrected chi connectivity index (χ4v) is 3.59. The molecule has 6 rings (SSSR count). The van der Waals surface area contributed by atoms with Gasteiger partial charge in [-0.25, -0.2) is 0 Å². The lowest BCUT2D eigenvalue weighted by Gasteiger charge is -1.98. The van der Waals surface area contributed by atoms with Gasteiger partial charge in [0.1, 0.15) is 0 Å². The van der Waals surface area contributed by atoms with Crippen molar-refractivity contribution in [2.45, 2.75) is 83.1 Å². The van der Waals surface area contributed by atoms with Gasteiger partial charge in [-0.05, 0) is 36.1 Å². The molecule has 0 fully saturated rings. The molecule has 258 valence electrons. The third-order valence-corrected chi connectivity index (χ3v) is 5.64. The maximum Gasteiger partial charge on any atom is -0.0184 e. The number of hydrogen-bond donors (Lipinski definition) is 0. The van der Waals surface area contributed by atoms with Crippen LogP contribution in [0.25, 0.3) is 22.3 Å². The third-order valence-electron chi connectivity index (χ3n) is 5.64. The SMILES string of the molecule is CC.CC.CC.CC.CC.Cc1ccccc1.Cc1ccccc1.c1ccc(-c2ccccc2)cc1.c1ccc(-c2ccccc2)cc1. The Morgan fingerprint density at radius 1 is 0.188 bits per heavy atom. The third kappa shape index (κ3) is 25.5. The smallest absolute Gasteiger partial charge is 0.0184 e. The minimum Gasteiger partial charge on any atom is -0.0683 e. The lowest BCUT2D eigenvalue weighted by atomic mass is 10.1. The Morgan fingerprint density at radius 3 is 0.417 bits per heavy atom. The fraction of sp³-hybridized carbons (Fsp3) is 0.250. The first-order valence-corrected chi connectivity index (χ1v) is 18.0. The molecule has 0 N–H and O–H groups in total. The minimum absolute atomic E-state index is 1.28. The lowest BCUT2D eigenvalue weighted by Crippen LogP contribution is -1.73. The van der Waals surface area contributed by atoms with Gasteiger partial charge in [-0.15, -0.1) is 0 Å². The van der Waals surface area contributed by atoms with Gasteiger partial charge >= 0.3 is 0 Å². The molecule has 0 heteroatoms. The van der Waals surface area contributed by atoms with Crippen molar-refractivity contribution < 1.29 is 0 Å². The van der Waals surface area contributed by atoms with E-state index in [1.807, 2.05) is 130 Å². The minimum atomic E-state index is 1.28. The molecule has 0 aliphatic rings. The van der Waals surface area contributed by atoms with E-state index in [4.69, 9.17) is 0 Å². The van der Waals surface area contributed by atoms with Crippen LogP contribution in [-0.4, -0.2) is 0 Å². The highest BCUT2D eigenvalue weighted by molar-refractivity contribution is 5.63. The summed E-state index contributed by atoms with van der Waals surface area (Å²) in [6.07, 6.45) is 0. The van der Waals surface area contributed by atoms with Crippen LogP contribution in [0.4, 0.5) is 0 Å². The average Bonchev–Trinajstić information content (AvgIpc) is 3.21. The van der Waals surface area contributed by atoms with Gasteiger partial charge in [-0.1, -0.05) is 262 Å². The first-order valence-electron chi connectivity index (χ1n) is 18.0. The van der Waals surface area contributed by atoms with Crippen LogP contribution in [0.15, 0.2) is 182 Å². The molecule has 0 bridgehead atoms. The van der Waals surface area contributed by atoms with Gasteiger partial charge < -0.3 is 0 Å². The van der Waals surface area contributed by atoms with E-state index in [-0.39, 0.29) is 0 Å². The van der Waals surface area contributed by atoms with Crippen LogP contribution < -0.4 is 0 Å². The largest absolute Gasteiger partial charge is 0.0683 e. The van der Waals surface area contributed by atoms with Gasteiger partial charge in [0.15, 0.2) is 0 Å². The highest BCUT2D eigenvalue weighted by atomic mass is 14.0. The summed E-state index contributed by atoms with van der Waals surface area (Å²) in [5.74, 6) is 0. The normalized spacial score (nSPS) is 8.00. The Kier molecular flexibility index (Phi) is 38.3. The van der Waals surface area contributed by atoms with E-state index in [0.717, 1.165) is 0 Å². The van der Waals surface area contributed by atoms with E-state index in [9.17, 15) is 0 Å². The second-order valence-electron chi connectivity index (χ2n) is 8.77. The molecule has 0 saturated carbocycles. The van der Waals surface area contributed by atoms with E-state index in [2.05, 4.69) is 135 Å². The van der Waals surface area contributed by atoms with Crippen molar-refractivity contribution in [2.75, 3.05) is 0 Å². The molecule has 0 aliphatic heterocycles. The van der Waals surface area contributed by atoms with E-state index in [1.165, 1.54) is 33.4 Å². The Balaban J connectivity index is -0.000000528. The summed E-state index contributed by atoms with van der Waals surface area (Å²) in [7, 11) is 0. The molecule has 48 heavy (non-hydrogen) atoms. The zero-order chi connectivity index (χ0) is 36.7. The van der Waals surface area contributed by atoms with Crippen molar-refractivity contribution in [3.05, 3.63) is 193 Å². The van der Waals surface area contributed by atoms with Crippen molar-refractivity contribution in [3.63, 3.8) is 0 Å². The Hall–Kier alpha value is -4.68. The molecule has 0 nitrogen and oxygen atoms in total. The first kappa shape index (κ1) is 47.7. The molecule has 0 atom stereocenters. The number of hydrogen-bond acceptors (Lipinski definition) is 0. The highest BCUT2D eigenvalue weighted by Gasteiger charge is 1.92. The summed E-state index contributed by atoms with van der Waals surface area (Å²) in [6, 6.07) is 62.1. The topological polar surface area (TPSA) is 0 Å². The van der Waals surface area contributed by atoms with Crippen LogP contribution in [0.2, 0.25) is 0 Å². The molecule has 0 aromatic heterocycles. The Bertz CT molecular complexity index is 1170. The molecule has 0 unspecified atom stereocenters. The monoisotopic (exact) mass is 643 g/mol. The lowest BCUT2D eigenvalue weighted by molar-refractivity contribution is 1.48. The van der Waals surface area contributed by atoms with Gasteiger partial charge in [0.25, 0.3) is 0 Å². The van der Waals surface area contributed by atoms with Gasteiger partial charge in [-0.2, -0.15) is 0 Å². The summed E-state index contributed by atoms with van der Waals surface area (Å²) < 4.78 is 0. The maximum atomic E-state index is 2.12. The fourth-order valence-electron chi connectivity index (χ4n) is 3.59. The van der Waals surface area contributed by atoms with Crippen LogP contribution in [0.1, 0.15) is 80.4 Å². The number of aryl methyl sites for hydroxylation is 2. The predicted molar refractivity (Wildman–Crippen MR) is 223 cm³/mol. The maximum absolute atomic E-state index is 2.12. The van der Waals surface area contributed by atoms with Crippen molar-refractivity contribution >= 4 is 0 Å². The zero-order valence-electron chi connectivity index (χ0n) is 32.3. The molecular formula is C48H66. The van der Waals surface area contributed by atoms with Crippen LogP contribution in [0, 0.1) is 13.8 Å². The molecule has 0 amide bonds. The van der Waals surface area contributed by atoms with Gasteiger partial charge in [0.05, 0.1) is 0 Å². The van der Waals surface area contributed by atoms with Crippen molar-refractivity contribution in [3.8, 4) is 22.3 Å². The summed E-state index contributed by atoms with van der Waals surface area (Å²) in [5.41, 5.74) is 7.75. The highest BCUT2D eigenvalue weighted by Crippen LogP contribution is 2.18. The summed E-state index contributed by atoms with van der Waals surface area (Å²) in [5, 5.41) is 0. The zero-order valence-corrected chi connectivity index (χ0v) is 32.3. The second kappa shape index (κ2) is 38.5. The molecule has 0 heterocycles. The quantitative estimate of drug-likeness (QED) is 0.176. The van der Waals surface area contributed by atoms with E-state index < -0.39 is 0 Å². The number of rotatable bonds is 2. The number of benzene rings is 6. The molecule has 6 aromatic rings. The molecule has 0 spiro atoms. The average molecular weight is 643 g/mol. The van der Waals surface area contributed by atoms with Crippen molar-refractivity contribution in [1.29, 1.82) is 0 Å². The molecular weight excluding hydrogens is 577 g/mol. The van der Waals surface area contributed by atoms with Crippen molar-refractivity contribution in [1.82, 2.24) is 0 Å². The van der Waals surface area contributed by atoms with E-state index in [1.54, 1.807) is 0 Å². The van der Waals surface area contributed by atoms with Crippen LogP contribution in [0.3, 0.4) is 0 Å². The molecule has 0 radical (unpaired) electrons.